The second-order valence-corrected chi connectivity index (χ2v) is 8.13. The van der Waals surface area contributed by atoms with Crippen molar-refractivity contribution >= 4 is 11.3 Å². The van der Waals surface area contributed by atoms with Crippen molar-refractivity contribution in [2.45, 2.75) is 51.4 Å². The van der Waals surface area contributed by atoms with E-state index in [1.807, 2.05) is 0 Å². The fourth-order valence-corrected chi connectivity index (χ4v) is 6.21. The first-order chi connectivity index (χ1) is 9.24. The van der Waals surface area contributed by atoms with E-state index < -0.39 is 0 Å². The molecule has 0 N–H and O–H groups in total. The summed E-state index contributed by atoms with van der Waals surface area (Å²) in [5.74, 6) is 4.56. The van der Waals surface area contributed by atoms with Crippen LogP contribution < -0.4 is 0 Å². The van der Waals surface area contributed by atoms with Crippen molar-refractivity contribution in [2.24, 2.45) is 23.7 Å². The predicted molar refractivity (Wildman–Crippen MR) is 76.0 cm³/mol. The zero-order valence-electron chi connectivity index (χ0n) is 11.4. The molecule has 0 aromatic carbocycles. The zero-order valence-corrected chi connectivity index (χ0v) is 12.2. The summed E-state index contributed by atoms with van der Waals surface area (Å²) >= 11 is 1.75. The predicted octanol–water partition coefficient (Wildman–Crippen LogP) is 4.06. The molecule has 19 heavy (non-hydrogen) atoms. The highest BCUT2D eigenvalue weighted by Gasteiger charge is 2.49. The lowest BCUT2D eigenvalue weighted by atomic mass is 9.51. The molecule has 1 aromatic heterocycles. The van der Waals surface area contributed by atoms with E-state index in [-0.39, 0.29) is 0 Å². The third-order valence-corrected chi connectivity index (χ3v) is 6.64. The number of aryl methyl sites for hydroxylation is 1. The summed E-state index contributed by atoms with van der Waals surface area (Å²) < 4.78 is 0. The molecule has 0 saturated heterocycles. The summed E-state index contributed by atoms with van der Waals surface area (Å²) in [6.45, 7) is 2.21. The molecule has 2 nitrogen and oxygen atoms in total. The fraction of sp³-hybridized carbons (Fsp3) is 0.750. The molecule has 1 heterocycles. The molecule has 4 bridgehead atoms. The number of thiazole rings is 1. The van der Waals surface area contributed by atoms with E-state index in [0.717, 1.165) is 34.6 Å². The third kappa shape index (κ3) is 1.84. The van der Waals surface area contributed by atoms with Crippen LogP contribution in [-0.4, -0.2) is 4.98 Å². The molecule has 0 spiro atoms. The van der Waals surface area contributed by atoms with Gasteiger partial charge in [0.2, 0.25) is 0 Å². The van der Waals surface area contributed by atoms with Crippen LogP contribution in [0, 0.1) is 41.9 Å². The molecule has 0 unspecified atom stereocenters. The highest BCUT2D eigenvalue weighted by Crippen LogP contribution is 2.60. The molecule has 4 saturated carbocycles. The average molecular weight is 272 g/mol. The van der Waals surface area contributed by atoms with E-state index >= 15 is 0 Å². The standard InChI is InChI=1S/C16H20N2S/c1-9-16(18-14(19-9)2-3-17)15-12-5-10-4-11(7-12)8-13(15)6-10/h10-13,15H,2,4-8H2,1H3. The highest BCUT2D eigenvalue weighted by atomic mass is 32.1. The second-order valence-electron chi connectivity index (χ2n) is 6.84. The van der Waals surface area contributed by atoms with Gasteiger partial charge in [-0.3, -0.25) is 0 Å². The zero-order chi connectivity index (χ0) is 13.0. The molecule has 4 aliphatic rings. The Hall–Kier alpha value is -0.880. The average Bonchev–Trinajstić information content (AvgIpc) is 2.69. The SMILES string of the molecule is Cc1sc(CC#N)nc1C1C2CC3CC(C2)CC1C3. The lowest BCUT2D eigenvalue weighted by molar-refractivity contribution is -0.00418. The van der Waals surface area contributed by atoms with E-state index in [4.69, 9.17) is 10.2 Å². The Balaban J connectivity index is 1.67. The Bertz CT molecular complexity index is 511. The monoisotopic (exact) mass is 272 g/mol. The maximum Gasteiger partial charge on any atom is 0.107 e. The van der Waals surface area contributed by atoms with Gasteiger partial charge >= 0.3 is 0 Å². The smallest absolute Gasteiger partial charge is 0.107 e. The van der Waals surface area contributed by atoms with Crippen molar-refractivity contribution in [3.63, 3.8) is 0 Å². The molecular weight excluding hydrogens is 252 g/mol. The van der Waals surface area contributed by atoms with E-state index in [2.05, 4.69) is 13.0 Å². The van der Waals surface area contributed by atoms with Gasteiger partial charge in [-0.2, -0.15) is 5.26 Å². The molecule has 3 heteroatoms. The van der Waals surface area contributed by atoms with Crippen LogP contribution >= 0.6 is 11.3 Å². The highest BCUT2D eigenvalue weighted by molar-refractivity contribution is 7.11. The Morgan fingerprint density at radius 2 is 1.79 bits per heavy atom. The van der Waals surface area contributed by atoms with Gasteiger partial charge in [-0.15, -0.1) is 11.3 Å². The minimum Gasteiger partial charge on any atom is -0.245 e. The van der Waals surface area contributed by atoms with E-state index in [1.54, 1.807) is 11.3 Å². The van der Waals surface area contributed by atoms with Crippen LogP contribution in [0.15, 0.2) is 0 Å². The normalized spacial score (nSPS) is 39.5. The van der Waals surface area contributed by atoms with Gasteiger partial charge in [0, 0.05) is 10.8 Å². The van der Waals surface area contributed by atoms with Gasteiger partial charge in [-0.1, -0.05) is 0 Å². The van der Waals surface area contributed by atoms with Crippen molar-refractivity contribution in [3.8, 4) is 6.07 Å². The summed E-state index contributed by atoms with van der Waals surface area (Å²) in [5.41, 5.74) is 1.36. The molecule has 100 valence electrons. The number of hydrogen-bond donors (Lipinski definition) is 0. The van der Waals surface area contributed by atoms with E-state index in [0.29, 0.717) is 6.42 Å². The number of hydrogen-bond acceptors (Lipinski definition) is 3. The maximum atomic E-state index is 8.85. The van der Waals surface area contributed by atoms with Crippen LogP contribution in [0.1, 0.15) is 53.6 Å². The first kappa shape index (κ1) is 11.9. The Kier molecular flexibility index (Phi) is 2.70. The van der Waals surface area contributed by atoms with Crippen molar-refractivity contribution in [1.29, 1.82) is 5.26 Å². The molecule has 0 radical (unpaired) electrons. The topological polar surface area (TPSA) is 36.7 Å². The Morgan fingerprint density at radius 1 is 1.16 bits per heavy atom. The first-order valence-corrected chi connectivity index (χ1v) is 8.39. The summed E-state index contributed by atoms with van der Waals surface area (Å²) in [6.07, 6.45) is 7.78. The first-order valence-electron chi connectivity index (χ1n) is 7.57. The lowest BCUT2D eigenvalue weighted by Crippen LogP contribution is -2.44. The quantitative estimate of drug-likeness (QED) is 0.814. The number of aromatic nitrogens is 1. The van der Waals surface area contributed by atoms with Crippen LogP contribution in [0.25, 0.3) is 0 Å². The van der Waals surface area contributed by atoms with Gasteiger partial charge in [0.25, 0.3) is 0 Å². The Labute approximate surface area is 118 Å². The number of nitriles is 1. The number of nitrogens with zero attached hydrogens (tertiary/aromatic N) is 2. The van der Waals surface area contributed by atoms with E-state index in [1.165, 1.54) is 42.7 Å². The minimum absolute atomic E-state index is 0.485. The third-order valence-electron chi connectivity index (χ3n) is 5.65. The van der Waals surface area contributed by atoms with Crippen LogP contribution in [0.2, 0.25) is 0 Å². The Morgan fingerprint density at radius 3 is 2.37 bits per heavy atom. The van der Waals surface area contributed by atoms with Gasteiger partial charge in [0.05, 0.1) is 18.2 Å². The molecule has 5 rings (SSSR count). The summed E-state index contributed by atoms with van der Waals surface area (Å²) in [4.78, 5) is 6.22. The largest absolute Gasteiger partial charge is 0.245 e. The summed E-state index contributed by atoms with van der Waals surface area (Å²) in [7, 11) is 0. The van der Waals surface area contributed by atoms with Crippen molar-refractivity contribution in [2.75, 3.05) is 0 Å². The molecule has 1 aromatic rings. The van der Waals surface area contributed by atoms with Crippen molar-refractivity contribution in [3.05, 3.63) is 15.6 Å². The summed E-state index contributed by atoms with van der Waals surface area (Å²) in [5, 5.41) is 9.88. The van der Waals surface area contributed by atoms with E-state index in [9.17, 15) is 0 Å². The maximum absolute atomic E-state index is 8.85. The van der Waals surface area contributed by atoms with Crippen molar-refractivity contribution in [1.82, 2.24) is 4.98 Å². The lowest BCUT2D eigenvalue weighted by Gasteiger charge is -2.54. The van der Waals surface area contributed by atoms with Gasteiger partial charge in [0.1, 0.15) is 5.01 Å². The van der Waals surface area contributed by atoms with Crippen LogP contribution in [0.5, 0.6) is 0 Å². The molecule has 4 aliphatic carbocycles. The van der Waals surface area contributed by atoms with Gasteiger partial charge in [0.15, 0.2) is 0 Å². The van der Waals surface area contributed by atoms with Crippen LogP contribution in [-0.2, 0) is 6.42 Å². The fourth-order valence-electron chi connectivity index (χ4n) is 5.29. The molecule has 0 amide bonds. The molecule has 0 aliphatic heterocycles. The molecule has 0 atom stereocenters. The van der Waals surface area contributed by atoms with Gasteiger partial charge in [-0.05, 0) is 62.7 Å². The molecule has 4 fully saturated rings. The number of rotatable bonds is 2. The second kappa shape index (κ2) is 4.31. The molecular formula is C16H20N2S. The van der Waals surface area contributed by atoms with Crippen LogP contribution in [0.3, 0.4) is 0 Å². The van der Waals surface area contributed by atoms with Gasteiger partial charge < -0.3 is 0 Å². The van der Waals surface area contributed by atoms with Crippen molar-refractivity contribution < 1.29 is 0 Å². The van der Waals surface area contributed by atoms with Gasteiger partial charge in [-0.25, -0.2) is 4.98 Å². The van der Waals surface area contributed by atoms with Crippen LogP contribution in [0.4, 0.5) is 0 Å². The minimum atomic E-state index is 0.485. The summed E-state index contributed by atoms with van der Waals surface area (Å²) in [6, 6.07) is 2.24.